The lowest BCUT2D eigenvalue weighted by molar-refractivity contribution is 0.479. The summed E-state index contributed by atoms with van der Waals surface area (Å²) >= 11 is 0. The van der Waals surface area contributed by atoms with E-state index in [4.69, 9.17) is 0 Å². The first-order valence-corrected chi connectivity index (χ1v) is 16.5. The quantitative estimate of drug-likeness (QED) is 0.284. The number of sulfonamides is 2. The molecule has 0 saturated carbocycles. The Kier molecular flexibility index (Phi) is 8.85. The fourth-order valence-corrected chi connectivity index (χ4v) is 5.90. The lowest BCUT2D eigenvalue weighted by Crippen LogP contribution is -2.22. The van der Waals surface area contributed by atoms with Gasteiger partial charge < -0.3 is 0 Å². The zero-order valence-corrected chi connectivity index (χ0v) is 23.1. The van der Waals surface area contributed by atoms with Gasteiger partial charge in [-0.3, -0.25) is 18.5 Å². The lowest BCUT2D eigenvalue weighted by Gasteiger charge is -2.15. The molecule has 16 heteroatoms. The smallest absolute Gasteiger partial charge is 0.283 e. The van der Waals surface area contributed by atoms with Crippen molar-refractivity contribution in [2.45, 2.75) is 60.8 Å². The molecule has 0 unspecified atom stereocenters. The van der Waals surface area contributed by atoms with Gasteiger partial charge in [-0.25, -0.2) is 16.8 Å². The van der Waals surface area contributed by atoms with E-state index in [-0.39, 0.29) is 35.3 Å². The molecule has 36 heavy (non-hydrogen) atoms. The van der Waals surface area contributed by atoms with E-state index >= 15 is 0 Å². The highest BCUT2D eigenvalue weighted by Crippen LogP contribution is 2.27. The van der Waals surface area contributed by atoms with Crippen molar-refractivity contribution in [1.82, 2.24) is 0 Å². The molecule has 0 amide bonds. The average molecular weight is 585 g/mol. The highest BCUT2D eigenvalue weighted by molar-refractivity contribution is 7.93. The van der Waals surface area contributed by atoms with Crippen LogP contribution in [0.2, 0.25) is 0 Å². The van der Waals surface area contributed by atoms with Crippen LogP contribution in [0.4, 0.5) is 11.4 Å². The van der Waals surface area contributed by atoms with Crippen molar-refractivity contribution < 1.29 is 42.8 Å². The van der Waals surface area contributed by atoms with Crippen LogP contribution < -0.4 is 9.44 Å². The van der Waals surface area contributed by atoms with Crippen LogP contribution in [-0.4, -0.2) is 53.3 Å². The van der Waals surface area contributed by atoms with Gasteiger partial charge in [-0.1, -0.05) is 12.1 Å². The average Bonchev–Trinajstić information content (AvgIpc) is 2.71. The molecule has 4 N–H and O–H groups in total. The SMILES string of the molecule is CC(C)S(=O)(=O)Nc1ccc(CCc2ccc(NS(=O)(=O)C(C)C)cc2S(=O)(=O)O)c(S(=O)(=O)O)c1. The maximum absolute atomic E-state index is 12.1. The van der Waals surface area contributed by atoms with Crippen LogP contribution in [0.1, 0.15) is 38.8 Å². The molecule has 0 fully saturated rings. The van der Waals surface area contributed by atoms with Crippen molar-refractivity contribution in [3.63, 3.8) is 0 Å². The standard InChI is InChI=1S/C20H28N2O10S4/c1-13(2)33(23,24)21-17-9-7-15(19(11-17)35(27,28)29)5-6-16-8-10-18(12-20(16)36(30,31)32)22-34(25,26)14(3)4/h7-14,21-22H,5-6H2,1-4H3,(H,27,28,29)(H,30,31,32). The summed E-state index contributed by atoms with van der Waals surface area (Å²) in [5.74, 6) is 0. The first-order chi connectivity index (χ1) is 16.2. The summed E-state index contributed by atoms with van der Waals surface area (Å²) in [7, 11) is -17.2. The topological polar surface area (TPSA) is 201 Å². The Morgan fingerprint density at radius 1 is 0.611 bits per heavy atom. The molecule has 0 aliphatic rings. The molecular formula is C20H28N2O10S4. The molecule has 202 valence electrons. The number of hydrogen-bond donors (Lipinski definition) is 4. The second kappa shape index (κ2) is 10.6. The predicted octanol–water partition coefficient (Wildman–Crippen LogP) is 2.27. The van der Waals surface area contributed by atoms with Gasteiger partial charge >= 0.3 is 0 Å². The molecule has 2 rings (SSSR count). The molecule has 2 aromatic rings. The zero-order chi connectivity index (χ0) is 27.7. The Morgan fingerprint density at radius 2 is 0.917 bits per heavy atom. The minimum Gasteiger partial charge on any atom is -0.283 e. The lowest BCUT2D eigenvalue weighted by atomic mass is 10.0. The van der Waals surface area contributed by atoms with Crippen molar-refractivity contribution in [2.75, 3.05) is 9.44 Å². The Labute approximate surface area is 211 Å². The summed E-state index contributed by atoms with van der Waals surface area (Å²) in [6.07, 6.45) is -0.266. The summed E-state index contributed by atoms with van der Waals surface area (Å²) in [6, 6.07) is 6.99. The molecule has 0 radical (unpaired) electrons. The van der Waals surface area contributed by atoms with Gasteiger partial charge in [-0.2, -0.15) is 16.8 Å². The summed E-state index contributed by atoms with van der Waals surface area (Å²) in [5.41, 5.74) is -0.0901. The van der Waals surface area contributed by atoms with Crippen LogP contribution in [0.15, 0.2) is 46.2 Å². The number of anilines is 2. The van der Waals surface area contributed by atoms with Crippen molar-refractivity contribution in [1.29, 1.82) is 0 Å². The largest absolute Gasteiger partial charge is 0.294 e. The van der Waals surface area contributed by atoms with Crippen LogP contribution in [0.25, 0.3) is 0 Å². The molecular weight excluding hydrogens is 556 g/mol. The van der Waals surface area contributed by atoms with Crippen molar-refractivity contribution in [3.8, 4) is 0 Å². The molecule has 0 aliphatic heterocycles. The fourth-order valence-electron chi connectivity index (χ4n) is 2.96. The molecule has 0 aromatic heterocycles. The van der Waals surface area contributed by atoms with Crippen LogP contribution in [0.3, 0.4) is 0 Å². The summed E-state index contributed by atoms with van der Waals surface area (Å²) < 4.78 is 120. The van der Waals surface area contributed by atoms with E-state index in [2.05, 4.69) is 9.44 Å². The van der Waals surface area contributed by atoms with Crippen molar-refractivity contribution in [3.05, 3.63) is 47.5 Å². The van der Waals surface area contributed by atoms with Crippen LogP contribution in [0.5, 0.6) is 0 Å². The normalized spacial score (nSPS) is 13.2. The number of nitrogens with one attached hydrogen (secondary N) is 2. The first kappa shape index (κ1) is 30.0. The van der Waals surface area contributed by atoms with Crippen LogP contribution in [-0.2, 0) is 53.1 Å². The first-order valence-electron chi connectivity index (χ1n) is 10.5. The molecule has 0 saturated heterocycles. The van der Waals surface area contributed by atoms with E-state index in [1.54, 1.807) is 0 Å². The van der Waals surface area contributed by atoms with E-state index in [9.17, 15) is 42.8 Å². The molecule has 0 spiro atoms. The third kappa shape index (κ3) is 7.63. The van der Waals surface area contributed by atoms with Gasteiger partial charge in [0.05, 0.1) is 20.3 Å². The Balaban J connectivity index is 2.44. The maximum atomic E-state index is 12.1. The van der Waals surface area contributed by atoms with Crippen molar-refractivity contribution in [2.24, 2.45) is 0 Å². The molecule has 0 heterocycles. The Hall–Kier alpha value is -2.24. The summed E-state index contributed by atoms with van der Waals surface area (Å²) in [4.78, 5) is -1.16. The highest BCUT2D eigenvalue weighted by atomic mass is 32.2. The van der Waals surface area contributed by atoms with Gasteiger partial charge in [0.2, 0.25) is 20.0 Å². The fraction of sp³-hybridized carbons (Fsp3) is 0.400. The van der Waals surface area contributed by atoms with Gasteiger partial charge in [0.15, 0.2) is 0 Å². The predicted molar refractivity (Wildman–Crippen MR) is 135 cm³/mol. The van der Waals surface area contributed by atoms with Crippen LogP contribution >= 0.6 is 0 Å². The van der Waals surface area contributed by atoms with E-state index in [0.717, 1.165) is 12.1 Å². The third-order valence-corrected chi connectivity index (χ3v) is 10.5. The minimum absolute atomic E-state index is 0.0517. The Morgan fingerprint density at radius 3 is 1.17 bits per heavy atom. The highest BCUT2D eigenvalue weighted by Gasteiger charge is 2.23. The van der Waals surface area contributed by atoms with Gasteiger partial charge in [0.25, 0.3) is 20.2 Å². The second-order valence-electron chi connectivity index (χ2n) is 8.49. The van der Waals surface area contributed by atoms with E-state index in [1.165, 1.54) is 52.0 Å². The van der Waals surface area contributed by atoms with Gasteiger partial charge in [0.1, 0.15) is 0 Å². The summed E-state index contributed by atoms with van der Waals surface area (Å²) in [6.45, 7) is 5.69. The van der Waals surface area contributed by atoms with E-state index in [1.807, 2.05) is 0 Å². The zero-order valence-electron chi connectivity index (χ0n) is 19.8. The molecule has 0 bridgehead atoms. The second-order valence-corrected chi connectivity index (χ2v) is 15.7. The molecule has 2 aromatic carbocycles. The third-order valence-electron chi connectivity index (χ3n) is 5.12. The number of aryl methyl sites for hydroxylation is 2. The maximum Gasteiger partial charge on any atom is 0.294 e. The number of hydrogen-bond acceptors (Lipinski definition) is 8. The van der Waals surface area contributed by atoms with Gasteiger partial charge in [0, 0.05) is 11.4 Å². The van der Waals surface area contributed by atoms with Crippen molar-refractivity contribution >= 4 is 51.7 Å². The Bertz CT molecular complexity index is 1440. The number of benzene rings is 2. The number of rotatable bonds is 11. The van der Waals surface area contributed by atoms with Crippen LogP contribution in [0, 0.1) is 0 Å². The monoisotopic (exact) mass is 584 g/mol. The van der Waals surface area contributed by atoms with E-state index in [0.29, 0.717) is 0 Å². The van der Waals surface area contributed by atoms with Gasteiger partial charge in [-0.05, 0) is 75.9 Å². The molecule has 12 nitrogen and oxygen atoms in total. The molecule has 0 aliphatic carbocycles. The molecule has 0 atom stereocenters. The summed E-state index contributed by atoms with van der Waals surface area (Å²) in [5, 5.41) is -1.61. The van der Waals surface area contributed by atoms with E-state index < -0.39 is 60.6 Å². The van der Waals surface area contributed by atoms with Gasteiger partial charge in [-0.15, -0.1) is 0 Å². The minimum atomic E-state index is -4.79.